The molecule has 24 heavy (non-hydrogen) atoms. The Hall–Kier alpha value is -2.56. The molecule has 0 bridgehead atoms. The van der Waals surface area contributed by atoms with E-state index < -0.39 is 0 Å². The van der Waals surface area contributed by atoms with Crippen molar-refractivity contribution in [3.63, 3.8) is 0 Å². The molecule has 1 unspecified atom stereocenters. The zero-order valence-electron chi connectivity index (χ0n) is 13.1. The molecule has 0 fully saturated rings. The molecule has 3 aromatic rings. The van der Waals surface area contributed by atoms with Crippen LogP contribution in [0.15, 0.2) is 78.4 Å². The first-order valence-electron chi connectivity index (χ1n) is 8.39. The van der Waals surface area contributed by atoms with Gasteiger partial charge < -0.3 is 0 Å². The monoisotopic (exact) mass is 322 g/mol. The summed E-state index contributed by atoms with van der Waals surface area (Å²) in [6, 6.07) is 26.9. The van der Waals surface area contributed by atoms with Gasteiger partial charge in [-0.15, -0.1) is 7.83 Å². The SMILES string of the molecule is C1=[PH]=CC2=C1c1ccccc1C21c2ccccc2-c2ccccc21. The van der Waals surface area contributed by atoms with E-state index in [4.69, 9.17) is 0 Å². The van der Waals surface area contributed by atoms with Gasteiger partial charge in [0.05, 0.1) is 5.41 Å². The highest BCUT2D eigenvalue weighted by atomic mass is 31.0. The Bertz CT molecular complexity index is 1090. The van der Waals surface area contributed by atoms with Crippen LogP contribution in [0.5, 0.6) is 0 Å². The number of benzene rings is 3. The highest BCUT2D eigenvalue weighted by Crippen LogP contribution is 2.61. The minimum atomic E-state index is -0.112. The lowest BCUT2D eigenvalue weighted by atomic mass is 9.70. The zero-order chi connectivity index (χ0) is 15.7. The minimum absolute atomic E-state index is 0.112. The van der Waals surface area contributed by atoms with Gasteiger partial charge in [0.25, 0.3) is 0 Å². The van der Waals surface area contributed by atoms with Crippen LogP contribution in [0.4, 0.5) is 0 Å². The van der Waals surface area contributed by atoms with Crippen molar-refractivity contribution < 1.29 is 0 Å². The van der Waals surface area contributed by atoms with Crippen LogP contribution in [0, 0.1) is 0 Å². The third-order valence-corrected chi connectivity index (χ3v) is 6.63. The van der Waals surface area contributed by atoms with Crippen LogP contribution in [0.25, 0.3) is 16.7 Å². The molecular weight excluding hydrogens is 307 g/mol. The molecular formula is C23H15P. The van der Waals surface area contributed by atoms with E-state index in [2.05, 4.69) is 84.4 Å². The molecule has 0 nitrogen and oxygen atoms in total. The zero-order valence-corrected chi connectivity index (χ0v) is 14.1. The molecule has 1 heteroatoms. The normalized spacial score (nSPS) is 18.2. The van der Waals surface area contributed by atoms with E-state index in [9.17, 15) is 0 Å². The third kappa shape index (κ3) is 1.26. The number of rotatable bonds is 0. The number of allylic oxidation sites excluding steroid dienone is 2. The van der Waals surface area contributed by atoms with Gasteiger partial charge in [-0.3, -0.25) is 0 Å². The van der Waals surface area contributed by atoms with Crippen molar-refractivity contribution in [2.24, 2.45) is 0 Å². The fraction of sp³-hybridized carbons (Fsp3) is 0.0435. The van der Waals surface area contributed by atoms with E-state index in [1.807, 2.05) is 0 Å². The predicted molar refractivity (Wildman–Crippen MR) is 106 cm³/mol. The van der Waals surface area contributed by atoms with Crippen molar-refractivity contribution in [1.82, 2.24) is 0 Å². The summed E-state index contributed by atoms with van der Waals surface area (Å²) in [7, 11) is 0.790. The second-order valence-electron chi connectivity index (χ2n) is 6.67. The number of hydrogen-bond acceptors (Lipinski definition) is 0. The van der Waals surface area contributed by atoms with E-state index in [-0.39, 0.29) is 5.41 Å². The molecule has 112 valence electrons. The highest BCUT2D eigenvalue weighted by molar-refractivity contribution is 7.42. The topological polar surface area (TPSA) is 0 Å². The highest BCUT2D eigenvalue weighted by Gasteiger charge is 2.51. The molecule has 3 aliphatic rings. The van der Waals surface area contributed by atoms with Crippen LogP contribution in [0.2, 0.25) is 0 Å². The van der Waals surface area contributed by atoms with Gasteiger partial charge in [-0.05, 0) is 56.1 Å². The lowest BCUT2D eigenvalue weighted by Crippen LogP contribution is -2.27. The molecule has 3 aromatic carbocycles. The summed E-state index contributed by atoms with van der Waals surface area (Å²) in [4.78, 5) is 0. The van der Waals surface area contributed by atoms with Crippen LogP contribution in [0.1, 0.15) is 22.3 Å². The van der Waals surface area contributed by atoms with Crippen molar-refractivity contribution in [3.05, 3.63) is 101 Å². The van der Waals surface area contributed by atoms with Gasteiger partial charge in [-0.25, -0.2) is 0 Å². The summed E-state index contributed by atoms with van der Waals surface area (Å²) < 4.78 is 0. The molecule has 1 atom stereocenters. The second-order valence-corrected chi connectivity index (χ2v) is 7.58. The summed E-state index contributed by atoms with van der Waals surface area (Å²) in [5.74, 6) is 4.89. The molecule has 0 aromatic heterocycles. The van der Waals surface area contributed by atoms with Crippen LogP contribution in [-0.4, -0.2) is 11.6 Å². The van der Waals surface area contributed by atoms with Crippen molar-refractivity contribution in [3.8, 4) is 11.1 Å². The van der Waals surface area contributed by atoms with E-state index in [0.29, 0.717) is 0 Å². The quantitative estimate of drug-likeness (QED) is 0.507. The van der Waals surface area contributed by atoms with Gasteiger partial charge in [0.1, 0.15) is 0 Å². The molecule has 0 N–H and O–H groups in total. The summed E-state index contributed by atoms with van der Waals surface area (Å²) in [6.07, 6.45) is 0. The van der Waals surface area contributed by atoms with E-state index in [0.717, 1.165) is 7.83 Å². The lowest BCUT2D eigenvalue weighted by Gasteiger charge is -2.31. The second kappa shape index (κ2) is 4.29. The largest absolute Gasteiger partial charge is 0.139 e. The molecule has 6 rings (SSSR count). The Morgan fingerprint density at radius 1 is 0.542 bits per heavy atom. The summed E-state index contributed by atoms with van der Waals surface area (Å²) in [5.41, 5.74) is 11.4. The lowest BCUT2D eigenvalue weighted by molar-refractivity contribution is 0.801. The van der Waals surface area contributed by atoms with Gasteiger partial charge in [0, 0.05) is 0 Å². The Balaban J connectivity index is 1.86. The fourth-order valence-corrected chi connectivity index (χ4v) is 6.00. The summed E-state index contributed by atoms with van der Waals surface area (Å²) in [5, 5.41) is 0. The maximum atomic E-state index is 2.47. The third-order valence-electron chi connectivity index (χ3n) is 5.72. The van der Waals surface area contributed by atoms with Crippen molar-refractivity contribution in [2.45, 2.75) is 5.41 Å². The summed E-state index contributed by atoms with van der Waals surface area (Å²) in [6.45, 7) is 0. The molecule has 1 spiro atoms. The Kier molecular flexibility index (Phi) is 2.29. The average Bonchev–Trinajstić information content (AvgIpc) is 3.30. The Labute approximate surface area is 142 Å². The van der Waals surface area contributed by atoms with Crippen LogP contribution < -0.4 is 0 Å². The van der Waals surface area contributed by atoms with Crippen LogP contribution >= 0.6 is 7.83 Å². The first-order chi connectivity index (χ1) is 11.9. The van der Waals surface area contributed by atoms with Crippen molar-refractivity contribution >= 4 is 25.0 Å². The maximum Gasteiger partial charge on any atom is 0.0728 e. The summed E-state index contributed by atoms with van der Waals surface area (Å²) >= 11 is 0. The van der Waals surface area contributed by atoms with Crippen molar-refractivity contribution in [1.29, 1.82) is 0 Å². The predicted octanol–water partition coefficient (Wildman–Crippen LogP) is 5.07. The maximum absolute atomic E-state index is 2.47. The number of hydrogen-bond donors (Lipinski definition) is 0. The molecule has 0 saturated heterocycles. The Morgan fingerprint density at radius 3 is 1.67 bits per heavy atom. The molecule has 0 amide bonds. The molecule has 0 saturated carbocycles. The molecule has 0 radical (unpaired) electrons. The minimum Gasteiger partial charge on any atom is -0.139 e. The number of fused-ring (bicyclic) bond motifs is 9. The van der Waals surface area contributed by atoms with Gasteiger partial charge >= 0.3 is 0 Å². The molecule has 2 aliphatic carbocycles. The van der Waals surface area contributed by atoms with Gasteiger partial charge in [0.2, 0.25) is 0 Å². The van der Waals surface area contributed by atoms with Crippen LogP contribution in [-0.2, 0) is 5.41 Å². The first-order valence-corrected chi connectivity index (χ1v) is 9.54. The van der Waals surface area contributed by atoms with E-state index in [1.165, 1.54) is 44.5 Å². The molecule has 1 heterocycles. The average molecular weight is 322 g/mol. The smallest absolute Gasteiger partial charge is 0.0728 e. The fourth-order valence-electron chi connectivity index (χ4n) is 4.90. The van der Waals surface area contributed by atoms with E-state index in [1.54, 1.807) is 0 Å². The van der Waals surface area contributed by atoms with Gasteiger partial charge in [-0.2, -0.15) is 0 Å². The first kappa shape index (κ1) is 12.8. The van der Waals surface area contributed by atoms with E-state index >= 15 is 0 Å². The van der Waals surface area contributed by atoms with Crippen molar-refractivity contribution in [2.75, 3.05) is 0 Å². The Morgan fingerprint density at radius 2 is 1.04 bits per heavy atom. The van der Waals surface area contributed by atoms with Gasteiger partial charge in [-0.1, -0.05) is 72.8 Å². The standard InChI is InChI=1S/C23H15P/c1-4-10-19-15(7-1)16-8-2-5-11-20(16)23(19)21-12-6-3-9-17(21)18-13-24-14-22(18)23/h1-14,24H. The van der Waals surface area contributed by atoms with Gasteiger partial charge in [0.15, 0.2) is 0 Å². The molecule has 1 aliphatic heterocycles. The van der Waals surface area contributed by atoms with Crippen LogP contribution in [0.3, 0.4) is 0 Å².